The van der Waals surface area contributed by atoms with Gasteiger partial charge in [0.1, 0.15) is 6.07 Å². The van der Waals surface area contributed by atoms with Crippen molar-refractivity contribution in [2.24, 2.45) is 4.99 Å². The van der Waals surface area contributed by atoms with E-state index in [1.54, 1.807) is 6.07 Å². The third-order valence-electron chi connectivity index (χ3n) is 3.28. The summed E-state index contributed by atoms with van der Waals surface area (Å²) in [6, 6.07) is 7.18. The van der Waals surface area contributed by atoms with Gasteiger partial charge in [-0.15, -0.1) is 0 Å². The Morgan fingerprint density at radius 1 is 1.19 bits per heavy atom. The highest BCUT2D eigenvalue weighted by molar-refractivity contribution is 6.07. The van der Waals surface area contributed by atoms with E-state index in [0.717, 1.165) is 17.7 Å². The molecule has 3 rings (SSSR count). The highest BCUT2D eigenvalue weighted by atomic mass is 19.4. The zero-order chi connectivity index (χ0) is 15.0. The van der Waals surface area contributed by atoms with Gasteiger partial charge in [0.15, 0.2) is 0 Å². The summed E-state index contributed by atoms with van der Waals surface area (Å²) >= 11 is 0. The minimum absolute atomic E-state index is 0.306. The van der Waals surface area contributed by atoms with Crippen LogP contribution < -0.4 is 0 Å². The van der Waals surface area contributed by atoms with Gasteiger partial charge in [0.05, 0.1) is 22.5 Å². The van der Waals surface area contributed by atoms with Crippen molar-refractivity contribution < 1.29 is 13.2 Å². The number of benzene rings is 1. The fourth-order valence-corrected chi connectivity index (χ4v) is 2.25. The smallest absolute Gasteiger partial charge is 0.263 e. The molecule has 0 radical (unpaired) electrons. The van der Waals surface area contributed by atoms with E-state index < -0.39 is 11.7 Å². The molecule has 1 aliphatic rings. The van der Waals surface area contributed by atoms with Gasteiger partial charge in [-0.05, 0) is 23.8 Å². The molecule has 2 heterocycles. The van der Waals surface area contributed by atoms with Crippen LogP contribution in [0.1, 0.15) is 22.3 Å². The normalized spacial score (nSPS) is 13.5. The second kappa shape index (κ2) is 4.70. The van der Waals surface area contributed by atoms with Crippen molar-refractivity contribution >= 4 is 11.4 Å². The maximum absolute atomic E-state index is 12.7. The van der Waals surface area contributed by atoms with Crippen LogP contribution in [0, 0.1) is 11.3 Å². The summed E-state index contributed by atoms with van der Waals surface area (Å²) in [6.07, 6.45) is -1.03. The number of nitriles is 1. The minimum atomic E-state index is -4.39. The monoisotopic (exact) mass is 287 g/mol. The van der Waals surface area contributed by atoms with E-state index in [4.69, 9.17) is 5.26 Å². The number of pyridine rings is 1. The Labute approximate surface area is 118 Å². The van der Waals surface area contributed by atoms with Gasteiger partial charge in [-0.25, -0.2) is 0 Å². The van der Waals surface area contributed by atoms with E-state index in [0.29, 0.717) is 28.9 Å². The van der Waals surface area contributed by atoms with Crippen molar-refractivity contribution in [2.45, 2.75) is 12.6 Å². The molecule has 0 fully saturated rings. The summed E-state index contributed by atoms with van der Waals surface area (Å²) in [7, 11) is 0. The van der Waals surface area contributed by atoms with E-state index in [1.165, 1.54) is 18.5 Å². The van der Waals surface area contributed by atoms with E-state index in [1.807, 2.05) is 6.07 Å². The number of halogens is 3. The van der Waals surface area contributed by atoms with E-state index in [-0.39, 0.29) is 0 Å². The van der Waals surface area contributed by atoms with E-state index >= 15 is 0 Å². The molecule has 0 spiro atoms. The van der Waals surface area contributed by atoms with Crippen molar-refractivity contribution in [1.29, 1.82) is 5.26 Å². The number of fused-ring (bicyclic) bond motifs is 1. The Morgan fingerprint density at radius 3 is 2.71 bits per heavy atom. The highest BCUT2D eigenvalue weighted by Crippen LogP contribution is 2.36. The fourth-order valence-electron chi connectivity index (χ4n) is 2.25. The van der Waals surface area contributed by atoms with Crippen molar-refractivity contribution in [2.75, 3.05) is 0 Å². The quantitative estimate of drug-likeness (QED) is 0.803. The average molecular weight is 287 g/mol. The minimum Gasteiger partial charge on any atom is -0.263 e. The summed E-state index contributed by atoms with van der Waals surface area (Å²) in [5, 5.41) is 9.05. The second-order valence-electron chi connectivity index (χ2n) is 4.61. The van der Waals surface area contributed by atoms with Crippen LogP contribution in [0.4, 0.5) is 18.9 Å². The van der Waals surface area contributed by atoms with E-state index in [2.05, 4.69) is 9.98 Å². The summed E-state index contributed by atoms with van der Waals surface area (Å²) in [4.78, 5) is 8.10. The second-order valence-corrected chi connectivity index (χ2v) is 4.61. The maximum Gasteiger partial charge on any atom is 0.416 e. The molecule has 104 valence electrons. The molecule has 1 aromatic heterocycles. The zero-order valence-corrected chi connectivity index (χ0v) is 10.6. The van der Waals surface area contributed by atoms with Crippen molar-refractivity contribution in [3.05, 3.63) is 58.9 Å². The molecule has 3 nitrogen and oxygen atoms in total. The maximum atomic E-state index is 12.7. The third-order valence-corrected chi connectivity index (χ3v) is 3.28. The van der Waals surface area contributed by atoms with Crippen LogP contribution in [0.15, 0.2) is 41.7 Å². The van der Waals surface area contributed by atoms with Crippen LogP contribution in [0.5, 0.6) is 0 Å². The molecule has 6 heteroatoms. The lowest BCUT2D eigenvalue weighted by molar-refractivity contribution is -0.137. The number of aliphatic imine (C=N–C) groups is 1. The molecule has 2 aromatic rings. The first-order chi connectivity index (χ1) is 9.99. The molecule has 0 N–H and O–H groups in total. The van der Waals surface area contributed by atoms with Crippen molar-refractivity contribution in [3.63, 3.8) is 0 Å². The van der Waals surface area contributed by atoms with Crippen molar-refractivity contribution in [1.82, 2.24) is 4.98 Å². The van der Waals surface area contributed by atoms with Crippen LogP contribution in [0.2, 0.25) is 0 Å². The lowest BCUT2D eigenvalue weighted by Crippen LogP contribution is -2.05. The highest BCUT2D eigenvalue weighted by Gasteiger charge is 2.32. The van der Waals surface area contributed by atoms with Crippen LogP contribution in [0.25, 0.3) is 0 Å². The summed E-state index contributed by atoms with van der Waals surface area (Å²) < 4.78 is 38.1. The van der Waals surface area contributed by atoms with Gasteiger partial charge < -0.3 is 0 Å². The molecule has 0 saturated heterocycles. The molecule has 1 aromatic carbocycles. The van der Waals surface area contributed by atoms with Gasteiger partial charge >= 0.3 is 6.18 Å². The van der Waals surface area contributed by atoms with Gasteiger partial charge in [-0.1, -0.05) is 6.07 Å². The Morgan fingerprint density at radius 2 is 2.00 bits per heavy atom. The van der Waals surface area contributed by atoms with Crippen LogP contribution in [-0.4, -0.2) is 10.7 Å². The first-order valence-electron chi connectivity index (χ1n) is 6.11. The van der Waals surface area contributed by atoms with Crippen molar-refractivity contribution in [3.8, 4) is 6.07 Å². The predicted octanol–water partition coefficient (Wildman–Crippen LogP) is 3.65. The Kier molecular flexibility index (Phi) is 2.98. The molecule has 21 heavy (non-hydrogen) atoms. The fraction of sp³-hybridized carbons (Fsp3) is 0.133. The van der Waals surface area contributed by atoms with Crippen LogP contribution in [0.3, 0.4) is 0 Å². The number of hydrogen-bond donors (Lipinski definition) is 0. The van der Waals surface area contributed by atoms with Crippen LogP contribution >= 0.6 is 0 Å². The SMILES string of the molecule is N#Cc1cnccc1C1=Nc2cc(C(F)(F)F)ccc2C1. The first kappa shape index (κ1) is 13.3. The Hall–Kier alpha value is -2.68. The Bertz CT molecular complexity index is 785. The zero-order valence-electron chi connectivity index (χ0n) is 10.6. The summed E-state index contributed by atoms with van der Waals surface area (Å²) in [6.45, 7) is 0. The average Bonchev–Trinajstić information content (AvgIpc) is 2.89. The van der Waals surface area contributed by atoms with Gasteiger partial charge in [0, 0.05) is 24.4 Å². The molecule has 0 unspecified atom stereocenters. The summed E-state index contributed by atoms with van der Waals surface area (Å²) in [5.41, 5.74) is 1.86. The largest absolute Gasteiger partial charge is 0.416 e. The molecular weight excluding hydrogens is 279 g/mol. The lowest BCUT2D eigenvalue weighted by atomic mass is 10.0. The number of nitrogens with zero attached hydrogens (tertiary/aromatic N) is 3. The number of alkyl halides is 3. The topological polar surface area (TPSA) is 49.0 Å². The van der Waals surface area contributed by atoms with Gasteiger partial charge in [0.2, 0.25) is 0 Å². The molecule has 0 saturated carbocycles. The standard InChI is InChI=1S/C15H8F3N3/c16-15(17,18)11-2-1-9-5-14(21-13(9)6-11)12-3-4-20-8-10(12)7-19/h1-4,6,8H,5H2. The molecule has 1 aliphatic heterocycles. The third kappa shape index (κ3) is 2.38. The molecular formula is C15H8F3N3. The first-order valence-corrected chi connectivity index (χ1v) is 6.11. The summed E-state index contributed by atoms with van der Waals surface area (Å²) in [5.74, 6) is 0. The molecule has 0 amide bonds. The Balaban J connectivity index is 2.04. The molecule has 0 atom stereocenters. The lowest BCUT2D eigenvalue weighted by Gasteiger charge is -2.07. The number of aromatic nitrogens is 1. The van der Waals surface area contributed by atoms with Gasteiger partial charge in [0.25, 0.3) is 0 Å². The molecule has 0 bridgehead atoms. The van der Waals surface area contributed by atoms with Gasteiger partial charge in [-0.3, -0.25) is 9.98 Å². The van der Waals surface area contributed by atoms with E-state index in [9.17, 15) is 13.2 Å². The van der Waals surface area contributed by atoms with Crippen LogP contribution in [-0.2, 0) is 12.6 Å². The molecule has 0 aliphatic carbocycles. The predicted molar refractivity (Wildman–Crippen MR) is 70.3 cm³/mol. The number of rotatable bonds is 1. The van der Waals surface area contributed by atoms with Gasteiger partial charge in [-0.2, -0.15) is 18.4 Å². The number of hydrogen-bond acceptors (Lipinski definition) is 3.